The van der Waals surface area contributed by atoms with Crippen molar-refractivity contribution in [3.8, 4) is 0 Å². The van der Waals surface area contributed by atoms with E-state index in [1.54, 1.807) is 11.3 Å². The van der Waals surface area contributed by atoms with E-state index in [4.69, 9.17) is 4.42 Å². The second-order valence-corrected chi connectivity index (χ2v) is 6.98. The molecule has 19 heavy (non-hydrogen) atoms. The topological polar surface area (TPSA) is 58.0 Å². The van der Waals surface area contributed by atoms with Gasteiger partial charge in [-0.2, -0.15) is 0 Å². The van der Waals surface area contributed by atoms with Gasteiger partial charge in [0, 0.05) is 0 Å². The maximum atomic E-state index is 11.2. The number of halogens is 1. The molecule has 0 spiro atoms. The Morgan fingerprint density at radius 1 is 1.37 bits per heavy atom. The van der Waals surface area contributed by atoms with E-state index in [-0.39, 0.29) is 6.04 Å². The Balaban J connectivity index is 2.07. The van der Waals surface area contributed by atoms with Crippen LogP contribution in [-0.2, 0) is 0 Å². The zero-order valence-corrected chi connectivity index (χ0v) is 13.0. The van der Waals surface area contributed by atoms with Gasteiger partial charge in [-0.3, -0.25) is 4.98 Å². The van der Waals surface area contributed by atoms with Crippen molar-refractivity contribution in [2.75, 3.05) is 7.05 Å². The Bertz CT molecular complexity index is 774. The number of benzene rings is 1. The summed E-state index contributed by atoms with van der Waals surface area (Å²) in [5.74, 6) is -0.418. The van der Waals surface area contributed by atoms with Crippen LogP contribution in [0.3, 0.4) is 0 Å². The molecule has 0 aliphatic carbocycles. The van der Waals surface area contributed by atoms with Crippen LogP contribution in [0, 0.1) is 2.88 Å². The van der Waals surface area contributed by atoms with E-state index in [0.29, 0.717) is 5.58 Å². The summed E-state index contributed by atoms with van der Waals surface area (Å²) in [7, 11) is 1.92. The van der Waals surface area contributed by atoms with Gasteiger partial charge in [-0.05, 0) is 64.3 Å². The second-order valence-electron chi connectivity index (χ2n) is 4.18. The van der Waals surface area contributed by atoms with E-state index in [1.807, 2.05) is 25.2 Å². The minimum absolute atomic E-state index is 0.101. The molecule has 1 unspecified atom stereocenters. The lowest BCUT2D eigenvalue weighted by Crippen LogP contribution is -2.16. The quantitative estimate of drug-likeness (QED) is 0.681. The minimum atomic E-state index is -0.418. The lowest BCUT2D eigenvalue weighted by Gasteiger charge is -2.15. The van der Waals surface area contributed by atoms with Crippen LogP contribution in [0.15, 0.2) is 38.9 Å². The molecule has 3 aromatic rings. The van der Waals surface area contributed by atoms with Gasteiger partial charge in [-0.1, -0.05) is 6.07 Å². The highest BCUT2D eigenvalue weighted by molar-refractivity contribution is 14.1. The predicted octanol–water partition coefficient (Wildman–Crippen LogP) is 3.10. The summed E-state index contributed by atoms with van der Waals surface area (Å²) in [4.78, 5) is 13.8. The van der Waals surface area contributed by atoms with Crippen molar-refractivity contribution in [1.82, 2.24) is 10.3 Å². The molecule has 0 fully saturated rings. The van der Waals surface area contributed by atoms with E-state index in [9.17, 15) is 4.79 Å². The summed E-state index contributed by atoms with van der Waals surface area (Å²) in [6.45, 7) is 0. The maximum absolute atomic E-state index is 11.2. The molecule has 3 rings (SSSR count). The van der Waals surface area contributed by atoms with Crippen molar-refractivity contribution in [2.45, 2.75) is 6.04 Å². The fraction of sp³-hybridized carbons (Fsp3) is 0.154. The summed E-state index contributed by atoms with van der Waals surface area (Å²) in [6.07, 6.45) is 0. The second kappa shape index (κ2) is 5.10. The van der Waals surface area contributed by atoms with Gasteiger partial charge in [-0.15, -0.1) is 11.3 Å². The highest BCUT2D eigenvalue weighted by Crippen LogP contribution is 2.28. The molecular formula is C13H11IN2O2S. The number of oxazole rings is 1. The first kappa shape index (κ1) is 12.9. The summed E-state index contributed by atoms with van der Waals surface area (Å²) in [6, 6.07) is 8.03. The zero-order valence-electron chi connectivity index (χ0n) is 10.1. The number of hydrogen-bond acceptors (Lipinski definition) is 4. The smallest absolute Gasteiger partial charge is 0.408 e. The van der Waals surface area contributed by atoms with E-state index >= 15 is 0 Å². The molecule has 2 heterocycles. The van der Waals surface area contributed by atoms with Crippen LogP contribution >= 0.6 is 33.9 Å². The lowest BCUT2D eigenvalue weighted by atomic mass is 10.0. The number of hydrogen-bond donors (Lipinski definition) is 2. The van der Waals surface area contributed by atoms with Crippen molar-refractivity contribution >= 4 is 45.0 Å². The van der Waals surface area contributed by atoms with Gasteiger partial charge in [-0.25, -0.2) is 4.79 Å². The van der Waals surface area contributed by atoms with E-state index < -0.39 is 5.76 Å². The molecule has 0 saturated carbocycles. The van der Waals surface area contributed by atoms with Crippen molar-refractivity contribution in [2.24, 2.45) is 0 Å². The number of aromatic amines is 1. The fourth-order valence-corrected chi connectivity index (χ4v) is 3.54. The SMILES string of the molecule is CNC(c1csc(I)c1)c1ccc2[nH]c(=O)oc2c1. The number of thiophene rings is 1. The molecule has 6 heteroatoms. The molecule has 0 bridgehead atoms. The number of aromatic nitrogens is 1. The molecule has 2 aromatic heterocycles. The summed E-state index contributed by atoms with van der Waals surface area (Å²) >= 11 is 4.03. The van der Waals surface area contributed by atoms with Crippen LogP contribution in [0.25, 0.3) is 11.1 Å². The largest absolute Gasteiger partial charge is 0.417 e. The average molecular weight is 386 g/mol. The van der Waals surface area contributed by atoms with Crippen LogP contribution < -0.4 is 11.1 Å². The van der Waals surface area contributed by atoms with Crippen LogP contribution in [0.4, 0.5) is 0 Å². The van der Waals surface area contributed by atoms with Gasteiger partial charge in [0.1, 0.15) is 0 Å². The zero-order chi connectivity index (χ0) is 13.4. The van der Waals surface area contributed by atoms with Crippen LogP contribution in [0.2, 0.25) is 0 Å². The molecule has 0 radical (unpaired) electrons. The van der Waals surface area contributed by atoms with Crippen molar-refractivity contribution in [1.29, 1.82) is 0 Å². The molecule has 0 aliphatic rings. The monoisotopic (exact) mass is 386 g/mol. The number of H-pyrrole nitrogens is 1. The number of nitrogens with one attached hydrogen (secondary N) is 2. The van der Waals surface area contributed by atoms with Gasteiger partial charge in [0.2, 0.25) is 0 Å². The molecule has 0 saturated heterocycles. The van der Waals surface area contributed by atoms with Crippen molar-refractivity contribution in [3.05, 3.63) is 54.2 Å². The summed E-state index contributed by atoms with van der Waals surface area (Å²) in [5.41, 5.74) is 3.61. The third kappa shape index (κ3) is 2.47. The number of fused-ring (bicyclic) bond motifs is 1. The van der Waals surface area contributed by atoms with Gasteiger partial charge in [0.05, 0.1) is 14.4 Å². The molecule has 4 nitrogen and oxygen atoms in total. The molecular weight excluding hydrogens is 375 g/mol. The summed E-state index contributed by atoms with van der Waals surface area (Å²) < 4.78 is 6.36. The van der Waals surface area contributed by atoms with Crippen LogP contribution in [0.1, 0.15) is 17.2 Å². The maximum Gasteiger partial charge on any atom is 0.417 e. The van der Waals surface area contributed by atoms with Gasteiger partial charge in [0.25, 0.3) is 0 Å². The molecule has 98 valence electrons. The third-order valence-electron chi connectivity index (χ3n) is 2.99. The molecule has 1 atom stereocenters. The first-order chi connectivity index (χ1) is 9.17. The Kier molecular flexibility index (Phi) is 3.46. The Labute approximate surface area is 127 Å². The number of rotatable bonds is 3. The Morgan fingerprint density at radius 2 is 2.21 bits per heavy atom. The van der Waals surface area contributed by atoms with Crippen LogP contribution in [-0.4, -0.2) is 12.0 Å². The van der Waals surface area contributed by atoms with E-state index in [0.717, 1.165) is 11.1 Å². The lowest BCUT2D eigenvalue weighted by molar-refractivity contribution is 0.554. The Morgan fingerprint density at radius 3 is 2.89 bits per heavy atom. The molecule has 2 N–H and O–H groups in total. The molecule has 0 aliphatic heterocycles. The summed E-state index contributed by atoms with van der Waals surface area (Å²) in [5, 5.41) is 5.43. The molecule has 1 aromatic carbocycles. The first-order valence-electron chi connectivity index (χ1n) is 5.71. The Hall–Kier alpha value is -1.12. The third-order valence-corrected chi connectivity index (χ3v) is 4.80. The highest BCUT2D eigenvalue weighted by Gasteiger charge is 2.15. The molecule has 0 amide bonds. The van der Waals surface area contributed by atoms with Gasteiger partial charge < -0.3 is 9.73 Å². The minimum Gasteiger partial charge on any atom is -0.408 e. The van der Waals surface area contributed by atoms with E-state index in [1.165, 1.54) is 8.45 Å². The van der Waals surface area contributed by atoms with Crippen molar-refractivity contribution < 1.29 is 4.42 Å². The van der Waals surface area contributed by atoms with E-state index in [2.05, 4.69) is 44.3 Å². The standard InChI is InChI=1S/C13H11IN2O2S/c1-15-12(8-5-11(14)19-6-8)7-2-3-9-10(4-7)18-13(17)16-9/h2-6,12,15H,1H3,(H,16,17). The highest BCUT2D eigenvalue weighted by atomic mass is 127. The normalized spacial score (nSPS) is 12.9. The van der Waals surface area contributed by atoms with Crippen LogP contribution in [0.5, 0.6) is 0 Å². The predicted molar refractivity (Wildman–Crippen MR) is 84.8 cm³/mol. The first-order valence-corrected chi connectivity index (χ1v) is 7.67. The van der Waals surface area contributed by atoms with Gasteiger partial charge >= 0.3 is 5.76 Å². The van der Waals surface area contributed by atoms with Gasteiger partial charge in [0.15, 0.2) is 5.58 Å². The fourth-order valence-electron chi connectivity index (χ4n) is 2.14. The average Bonchev–Trinajstić information content (AvgIpc) is 2.95. The van der Waals surface area contributed by atoms with Crippen molar-refractivity contribution in [3.63, 3.8) is 0 Å².